The first-order valence-electron chi connectivity index (χ1n) is 7.38. The number of hydrogen-bond acceptors (Lipinski definition) is 1. The Hall–Kier alpha value is -0.430. The monoisotopic (exact) mass is 278 g/mol. The maximum atomic E-state index is 2.32. The summed E-state index contributed by atoms with van der Waals surface area (Å²) in [7, 11) is 0. The van der Waals surface area contributed by atoms with Crippen LogP contribution in [0.15, 0.2) is 24.3 Å². The van der Waals surface area contributed by atoms with Gasteiger partial charge < -0.3 is 0 Å². The second-order valence-electron chi connectivity index (χ2n) is 7.57. The Balaban J connectivity index is 2.54. The minimum absolute atomic E-state index is 0.371. The highest BCUT2D eigenvalue weighted by molar-refractivity contribution is 8.00. The predicted octanol–water partition coefficient (Wildman–Crippen LogP) is 5.74. The summed E-state index contributed by atoms with van der Waals surface area (Å²) in [5.41, 5.74) is 3.46. The van der Waals surface area contributed by atoms with Gasteiger partial charge in [0.15, 0.2) is 0 Å². The molecule has 0 bridgehead atoms. The molecule has 0 radical (unpaired) electrons. The van der Waals surface area contributed by atoms with Crippen LogP contribution in [0.4, 0.5) is 0 Å². The molecule has 0 aliphatic carbocycles. The number of rotatable bonds is 5. The summed E-state index contributed by atoms with van der Waals surface area (Å²) in [5, 5.41) is 0. The fraction of sp³-hybridized carbons (Fsp3) is 0.667. The summed E-state index contributed by atoms with van der Waals surface area (Å²) < 4.78 is 0.394. The molecule has 0 aliphatic heterocycles. The molecule has 0 saturated carbocycles. The van der Waals surface area contributed by atoms with Crippen LogP contribution in [0.2, 0.25) is 0 Å². The largest absolute Gasteiger partial charge is 0.156 e. The van der Waals surface area contributed by atoms with Gasteiger partial charge in [-0.15, -0.1) is 0 Å². The Bertz CT molecular complexity index is 379. The third-order valence-electron chi connectivity index (χ3n) is 2.96. The van der Waals surface area contributed by atoms with Gasteiger partial charge in [0.2, 0.25) is 0 Å². The molecule has 0 aliphatic rings. The van der Waals surface area contributed by atoms with Gasteiger partial charge in [-0.1, -0.05) is 65.8 Å². The van der Waals surface area contributed by atoms with Crippen LogP contribution < -0.4 is 0 Å². The van der Waals surface area contributed by atoms with Crippen molar-refractivity contribution in [1.29, 1.82) is 0 Å². The third-order valence-corrected chi connectivity index (χ3v) is 4.32. The van der Waals surface area contributed by atoms with E-state index in [9.17, 15) is 0 Å². The molecule has 1 aromatic rings. The van der Waals surface area contributed by atoms with E-state index in [2.05, 4.69) is 77.6 Å². The van der Waals surface area contributed by atoms with Crippen molar-refractivity contribution in [1.82, 2.24) is 0 Å². The summed E-state index contributed by atoms with van der Waals surface area (Å²) >= 11 is 2.07. The molecule has 0 N–H and O–H groups in total. The molecular formula is C18H30S. The van der Waals surface area contributed by atoms with E-state index in [1.807, 2.05) is 0 Å². The van der Waals surface area contributed by atoms with Crippen molar-refractivity contribution in [3.8, 4) is 0 Å². The van der Waals surface area contributed by atoms with E-state index in [4.69, 9.17) is 0 Å². The molecular weight excluding hydrogens is 248 g/mol. The SMILES string of the molecule is CC(C)(C)Cc1ccccc1CCCSC(C)(C)C. The van der Waals surface area contributed by atoms with E-state index in [0.29, 0.717) is 10.2 Å². The summed E-state index contributed by atoms with van der Waals surface area (Å²) in [5.74, 6) is 1.26. The highest BCUT2D eigenvalue weighted by Crippen LogP contribution is 2.26. The van der Waals surface area contributed by atoms with Crippen LogP contribution in [0.1, 0.15) is 59.1 Å². The summed E-state index contributed by atoms with van der Waals surface area (Å²) in [6.07, 6.45) is 3.67. The van der Waals surface area contributed by atoms with Gasteiger partial charge >= 0.3 is 0 Å². The van der Waals surface area contributed by atoms with Gasteiger partial charge in [0.1, 0.15) is 0 Å². The van der Waals surface area contributed by atoms with Gasteiger partial charge in [-0.2, -0.15) is 11.8 Å². The fourth-order valence-corrected chi connectivity index (χ4v) is 3.09. The first-order chi connectivity index (χ1) is 8.67. The van der Waals surface area contributed by atoms with Crippen LogP contribution >= 0.6 is 11.8 Å². The lowest BCUT2D eigenvalue weighted by Gasteiger charge is -2.21. The zero-order valence-corrected chi connectivity index (χ0v) is 14.4. The minimum Gasteiger partial charge on any atom is -0.156 e. The van der Waals surface area contributed by atoms with E-state index < -0.39 is 0 Å². The molecule has 1 rings (SSSR count). The topological polar surface area (TPSA) is 0 Å². The van der Waals surface area contributed by atoms with Gasteiger partial charge in [-0.25, -0.2) is 0 Å². The minimum atomic E-state index is 0.371. The molecule has 0 spiro atoms. The number of hydrogen-bond donors (Lipinski definition) is 0. The Morgan fingerprint density at radius 1 is 0.895 bits per heavy atom. The van der Waals surface area contributed by atoms with E-state index in [-0.39, 0.29) is 0 Å². The second kappa shape index (κ2) is 6.83. The maximum Gasteiger partial charge on any atom is 0.00750 e. The molecule has 0 heterocycles. The quantitative estimate of drug-likeness (QED) is 0.619. The third kappa shape index (κ3) is 7.67. The highest BCUT2D eigenvalue weighted by atomic mass is 32.2. The zero-order chi connectivity index (χ0) is 14.5. The van der Waals surface area contributed by atoms with Crippen molar-refractivity contribution in [2.24, 2.45) is 5.41 Å². The summed E-state index contributed by atoms with van der Waals surface area (Å²) in [4.78, 5) is 0. The molecule has 1 heteroatoms. The van der Waals surface area contributed by atoms with Crippen molar-refractivity contribution in [2.75, 3.05) is 5.75 Å². The Morgan fingerprint density at radius 2 is 1.47 bits per heavy atom. The number of thioether (sulfide) groups is 1. The van der Waals surface area contributed by atoms with Gasteiger partial charge in [0.25, 0.3) is 0 Å². The predicted molar refractivity (Wildman–Crippen MR) is 90.1 cm³/mol. The smallest absolute Gasteiger partial charge is 0.00750 e. The molecule has 0 nitrogen and oxygen atoms in total. The molecule has 108 valence electrons. The van der Waals surface area contributed by atoms with E-state index in [1.165, 1.54) is 30.6 Å². The molecule has 0 aromatic heterocycles. The zero-order valence-electron chi connectivity index (χ0n) is 13.5. The molecule has 19 heavy (non-hydrogen) atoms. The van der Waals surface area contributed by atoms with Crippen LogP contribution in [0, 0.1) is 5.41 Å². The standard InChI is InChI=1S/C18H30S/c1-17(2,3)14-16-11-8-7-10-15(16)12-9-13-19-18(4,5)6/h7-8,10-11H,9,12-14H2,1-6H3. The van der Waals surface area contributed by atoms with Gasteiger partial charge in [0.05, 0.1) is 0 Å². The lowest BCUT2D eigenvalue weighted by atomic mass is 9.85. The highest BCUT2D eigenvalue weighted by Gasteiger charge is 2.14. The maximum absolute atomic E-state index is 2.32. The van der Waals surface area contributed by atoms with Crippen LogP contribution in [-0.2, 0) is 12.8 Å². The first-order valence-corrected chi connectivity index (χ1v) is 8.37. The number of benzene rings is 1. The van der Waals surface area contributed by atoms with Crippen LogP contribution in [0.5, 0.6) is 0 Å². The van der Waals surface area contributed by atoms with E-state index in [1.54, 1.807) is 5.56 Å². The molecule has 0 saturated heterocycles. The Labute approximate surface area is 124 Å². The van der Waals surface area contributed by atoms with Gasteiger partial charge in [0, 0.05) is 4.75 Å². The molecule has 1 aromatic carbocycles. The van der Waals surface area contributed by atoms with E-state index >= 15 is 0 Å². The lowest BCUT2D eigenvalue weighted by Crippen LogP contribution is -2.11. The van der Waals surface area contributed by atoms with Crippen molar-refractivity contribution < 1.29 is 0 Å². The fourth-order valence-electron chi connectivity index (χ4n) is 2.19. The van der Waals surface area contributed by atoms with Crippen molar-refractivity contribution >= 4 is 11.8 Å². The van der Waals surface area contributed by atoms with Crippen LogP contribution in [0.25, 0.3) is 0 Å². The summed E-state index contributed by atoms with van der Waals surface area (Å²) in [6, 6.07) is 8.97. The lowest BCUT2D eigenvalue weighted by molar-refractivity contribution is 0.410. The van der Waals surface area contributed by atoms with E-state index in [0.717, 1.165) is 0 Å². The first kappa shape index (κ1) is 16.6. The van der Waals surface area contributed by atoms with Crippen molar-refractivity contribution in [3.63, 3.8) is 0 Å². The molecule has 0 fully saturated rings. The summed E-state index contributed by atoms with van der Waals surface area (Å²) in [6.45, 7) is 13.8. The number of aryl methyl sites for hydroxylation is 1. The van der Waals surface area contributed by atoms with Gasteiger partial charge in [-0.05, 0) is 41.6 Å². The molecule has 0 amide bonds. The molecule has 0 unspecified atom stereocenters. The van der Waals surface area contributed by atoms with Crippen LogP contribution in [0.3, 0.4) is 0 Å². The Morgan fingerprint density at radius 3 is 2.00 bits per heavy atom. The van der Waals surface area contributed by atoms with Crippen molar-refractivity contribution in [2.45, 2.75) is 65.6 Å². The molecule has 0 atom stereocenters. The average molecular weight is 279 g/mol. The van der Waals surface area contributed by atoms with Gasteiger partial charge in [-0.3, -0.25) is 0 Å². The van der Waals surface area contributed by atoms with Crippen molar-refractivity contribution in [3.05, 3.63) is 35.4 Å². The van der Waals surface area contributed by atoms with Crippen LogP contribution in [-0.4, -0.2) is 10.5 Å². The average Bonchev–Trinajstić information content (AvgIpc) is 2.23. The normalized spacial score (nSPS) is 12.7. The second-order valence-corrected chi connectivity index (χ2v) is 9.49. The Kier molecular flexibility index (Phi) is 5.98.